The zero-order valence-corrected chi connectivity index (χ0v) is 3.86. The van der Waals surface area contributed by atoms with Crippen LogP contribution in [0.1, 0.15) is 0 Å². The Labute approximate surface area is 45.6 Å². The van der Waals surface area contributed by atoms with E-state index in [-0.39, 0.29) is 0 Å². The van der Waals surface area contributed by atoms with Crippen molar-refractivity contribution >= 4 is 0 Å². The van der Waals surface area contributed by atoms with E-state index in [1.807, 2.05) is 0 Å². The van der Waals surface area contributed by atoms with Crippen molar-refractivity contribution in [3.63, 3.8) is 0 Å². The highest BCUT2D eigenvalue weighted by Crippen LogP contribution is 1.65. The molecule has 0 aromatic carbocycles. The molecule has 0 aliphatic carbocycles. The van der Waals surface area contributed by atoms with E-state index < -0.39 is 11.6 Å². The molecule has 0 aliphatic heterocycles. The third kappa shape index (κ3) is 1.37. The lowest BCUT2D eigenvalue weighted by Crippen LogP contribution is -1.91. The van der Waals surface area contributed by atoms with E-state index in [0.29, 0.717) is 0 Å². The smallest absolute Gasteiger partial charge is 0.197 e. The Bertz CT molecular complexity index is 268. The van der Waals surface area contributed by atoms with E-state index in [9.17, 15) is 9.59 Å². The summed E-state index contributed by atoms with van der Waals surface area (Å²) in [5.74, 6) is -2.64. The van der Waals surface area contributed by atoms with Crippen LogP contribution in [0.2, 0.25) is 0 Å². The Balaban J connectivity index is 3.51. The normalized spacial score (nSPS) is 8.89. The molecule has 0 unspecified atom stereocenters. The lowest BCUT2D eigenvalue weighted by molar-refractivity contribution is -0.196. The van der Waals surface area contributed by atoms with Gasteiger partial charge in [-0.25, -0.2) is 0 Å². The van der Waals surface area contributed by atoms with Gasteiger partial charge in [-0.05, 0) is 0 Å². The fourth-order valence-electron chi connectivity index (χ4n) is 0.168. The molecule has 0 aliphatic rings. The summed E-state index contributed by atoms with van der Waals surface area (Å²) < 4.78 is 17.7. The van der Waals surface area contributed by atoms with Gasteiger partial charge < -0.3 is 0 Å². The summed E-state index contributed by atoms with van der Waals surface area (Å²) >= 11 is 0. The molecule has 9 heavy (non-hydrogen) atoms. The lowest BCUT2D eigenvalue weighted by atomic mass is 11.6. The predicted octanol–water partition coefficient (Wildman–Crippen LogP) is -0.504. The molecule has 50 valence electrons. The van der Waals surface area contributed by atoms with Crippen LogP contribution >= 0.6 is 0 Å². The largest absolute Gasteiger partial charge is 0.594 e. The zero-order valence-electron chi connectivity index (χ0n) is 3.86. The molecular weight excluding hydrogens is 136 g/mol. The van der Waals surface area contributed by atoms with Gasteiger partial charge in [0.15, 0.2) is 0 Å². The first kappa shape index (κ1) is 5.48. The van der Waals surface area contributed by atoms with Gasteiger partial charge >= 0.3 is 11.6 Å². The molecule has 1 aromatic rings. The van der Waals surface area contributed by atoms with E-state index in [0.717, 1.165) is 0 Å². The van der Waals surface area contributed by atoms with Crippen LogP contribution in [0.5, 0.6) is 0 Å². The molecule has 0 bridgehead atoms. The summed E-state index contributed by atoms with van der Waals surface area (Å²) in [6.07, 6.45) is 0. The third-order valence-electron chi connectivity index (χ3n) is 0.382. The van der Waals surface area contributed by atoms with E-state index >= 15 is 0 Å². The number of rotatable bonds is 0. The minimum absolute atomic E-state index is 1.32. The standard InChI is InChI=1S/C2O7/c3-1-5-6-2(4)8-9-7-1. The van der Waals surface area contributed by atoms with Crippen molar-refractivity contribution in [1.82, 2.24) is 0 Å². The van der Waals surface area contributed by atoms with Gasteiger partial charge in [-0.1, -0.05) is 4.74 Å². The molecule has 7 heteroatoms. The van der Waals surface area contributed by atoms with Gasteiger partial charge in [-0.2, -0.15) is 27.9 Å². The summed E-state index contributed by atoms with van der Waals surface area (Å²) in [5, 5.41) is 0. The van der Waals surface area contributed by atoms with E-state index in [2.05, 4.69) is 23.0 Å². The van der Waals surface area contributed by atoms with Crippen LogP contribution in [0.3, 0.4) is 0 Å². The molecule has 1 rings (SSSR count). The molecule has 0 radical (unpaired) electrons. The molecular formula is C2O7. The highest BCUT2D eigenvalue weighted by atomic mass is 17.3. The average molecular weight is 136 g/mol. The maximum Gasteiger partial charge on any atom is 0.594 e. The molecule has 0 saturated heterocycles. The van der Waals surface area contributed by atoms with Gasteiger partial charge in [-0.15, -0.1) is 0 Å². The summed E-state index contributed by atoms with van der Waals surface area (Å²) in [4.78, 5) is 19.8. The first-order valence-corrected chi connectivity index (χ1v) is 1.72. The minimum atomic E-state index is -1.32. The molecule has 1 heterocycles. The van der Waals surface area contributed by atoms with Crippen LogP contribution in [-0.2, 0) is 0 Å². The minimum Gasteiger partial charge on any atom is -0.197 e. The van der Waals surface area contributed by atoms with Crippen molar-refractivity contribution in [1.29, 1.82) is 0 Å². The van der Waals surface area contributed by atoms with Gasteiger partial charge in [0.1, 0.15) is 0 Å². The summed E-state index contributed by atoms with van der Waals surface area (Å²) in [5.41, 5.74) is 0. The van der Waals surface area contributed by atoms with Crippen LogP contribution in [0.25, 0.3) is 0 Å². The maximum absolute atomic E-state index is 9.90. The van der Waals surface area contributed by atoms with E-state index in [1.165, 1.54) is 0 Å². The Morgan fingerprint density at radius 2 is 1.22 bits per heavy atom. The average Bonchev–Trinajstić information content (AvgIpc) is 1.97. The molecule has 0 N–H and O–H groups in total. The Hall–Kier alpha value is -1.66. The van der Waals surface area contributed by atoms with Gasteiger partial charge in [-0.3, -0.25) is 0 Å². The first-order chi connectivity index (χ1) is 4.29. The number of hydrogen-bond acceptors (Lipinski definition) is 7. The summed E-state index contributed by atoms with van der Waals surface area (Å²) in [7, 11) is 0. The first-order valence-electron chi connectivity index (χ1n) is 1.72. The van der Waals surface area contributed by atoms with Crippen molar-refractivity contribution in [2.45, 2.75) is 0 Å². The van der Waals surface area contributed by atoms with Crippen LogP contribution < -0.4 is 11.6 Å². The molecule has 0 fully saturated rings. The highest BCUT2D eigenvalue weighted by molar-refractivity contribution is 4.17. The van der Waals surface area contributed by atoms with Crippen LogP contribution in [0, 0.1) is 0 Å². The second-order valence-corrected chi connectivity index (χ2v) is 0.901. The molecule has 0 saturated carbocycles. The number of hydrogen-bond donors (Lipinski definition) is 0. The van der Waals surface area contributed by atoms with Crippen molar-refractivity contribution in [3.8, 4) is 0 Å². The topological polar surface area (TPSA) is 99.8 Å². The highest BCUT2D eigenvalue weighted by Gasteiger charge is 1.87. The maximum atomic E-state index is 9.90. The van der Waals surface area contributed by atoms with Crippen LogP contribution in [-0.4, -0.2) is 0 Å². The van der Waals surface area contributed by atoms with Gasteiger partial charge in [0, 0.05) is 0 Å². The molecule has 7 nitrogen and oxygen atoms in total. The van der Waals surface area contributed by atoms with Crippen molar-refractivity contribution in [2.24, 2.45) is 0 Å². The van der Waals surface area contributed by atoms with Crippen LogP contribution in [0.4, 0.5) is 0 Å². The molecule has 0 spiro atoms. The van der Waals surface area contributed by atoms with E-state index in [4.69, 9.17) is 0 Å². The van der Waals surface area contributed by atoms with Gasteiger partial charge in [0.2, 0.25) is 0 Å². The van der Waals surface area contributed by atoms with Crippen molar-refractivity contribution < 1.29 is 23.0 Å². The Kier molecular flexibility index (Phi) is 1.26. The monoisotopic (exact) mass is 136 g/mol. The van der Waals surface area contributed by atoms with Crippen LogP contribution in [0.15, 0.2) is 32.6 Å². The van der Waals surface area contributed by atoms with Gasteiger partial charge in [0.05, 0.1) is 0 Å². The predicted molar refractivity (Wildman–Crippen MR) is 17.9 cm³/mol. The molecule has 0 amide bonds. The quantitative estimate of drug-likeness (QED) is 0.443. The second-order valence-electron chi connectivity index (χ2n) is 0.901. The van der Waals surface area contributed by atoms with Crippen molar-refractivity contribution in [2.75, 3.05) is 0 Å². The molecule has 0 atom stereocenters. The zero-order chi connectivity index (χ0) is 6.69. The fourth-order valence-corrected chi connectivity index (χ4v) is 0.168. The molecule has 1 aromatic heterocycles. The van der Waals surface area contributed by atoms with E-state index in [1.54, 1.807) is 0 Å². The lowest BCUT2D eigenvalue weighted by Gasteiger charge is -1.54. The summed E-state index contributed by atoms with van der Waals surface area (Å²) in [6, 6.07) is 0. The SMILES string of the molecule is O=c1oooc(=O)oo1. The van der Waals surface area contributed by atoms with Gasteiger partial charge in [0.25, 0.3) is 0 Å². The Morgan fingerprint density at radius 1 is 0.778 bits per heavy atom. The second kappa shape index (κ2) is 2.07. The fraction of sp³-hybridized carbons (Fsp3) is 0. The third-order valence-corrected chi connectivity index (χ3v) is 0.382. The summed E-state index contributed by atoms with van der Waals surface area (Å²) in [6.45, 7) is 0. The van der Waals surface area contributed by atoms with Crippen molar-refractivity contribution in [3.05, 3.63) is 21.2 Å². The Morgan fingerprint density at radius 3 is 1.67 bits per heavy atom.